The summed E-state index contributed by atoms with van der Waals surface area (Å²) in [5.74, 6) is -0.292. The number of nitrogens with one attached hydrogen (secondary N) is 1. The minimum atomic E-state index is -0.292. The Hall–Kier alpha value is -1.73. The zero-order chi connectivity index (χ0) is 14.5. The van der Waals surface area contributed by atoms with Gasteiger partial charge in [0.15, 0.2) is 5.13 Å². The van der Waals surface area contributed by atoms with E-state index in [0.29, 0.717) is 22.1 Å². The van der Waals surface area contributed by atoms with Gasteiger partial charge >= 0.3 is 0 Å². The molecule has 0 fully saturated rings. The van der Waals surface area contributed by atoms with Crippen molar-refractivity contribution in [2.75, 3.05) is 5.73 Å². The van der Waals surface area contributed by atoms with Crippen LogP contribution in [0.4, 0.5) is 5.13 Å². The standard InChI is InChI=1S/C13H13BrN4OS/c1-2-10-11(20-13(15)17-10)12(19)18-16-7-8-5-3-4-6-9(8)14/h3-7H,2H2,1H3,(H2,15,17)(H,18,19)/b16-7+. The van der Waals surface area contributed by atoms with Crippen molar-refractivity contribution in [2.24, 2.45) is 5.10 Å². The van der Waals surface area contributed by atoms with Crippen molar-refractivity contribution < 1.29 is 4.79 Å². The molecule has 104 valence electrons. The van der Waals surface area contributed by atoms with E-state index in [1.807, 2.05) is 31.2 Å². The summed E-state index contributed by atoms with van der Waals surface area (Å²) >= 11 is 4.57. The van der Waals surface area contributed by atoms with Gasteiger partial charge in [0.1, 0.15) is 4.88 Å². The predicted octanol–water partition coefficient (Wildman–Crippen LogP) is 2.81. The Morgan fingerprint density at radius 3 is 3.00 bits per heavy atom. The number of aromatic nitrogens is 1. The number of benzene rings is 1. The van der Waals surface area contributed by atoms with Crippen LogP contribution in [0.3, 0.4) is 0 Å². The van der Waals surface area contributed by atoms with Crippen LogP contribution < -0.4 is 11.2 Å². The van der Waals surface area contributed by atoms with Crippen LogP contribution >= 0.6 is 27.3 Å². The molecule has 5 nitrogen and oxygen atoms in total. The van der Waals surface area contributed by atoms with Gasteiger partial charge in [-0.15, -0.1) is 0 Å². The molecule has 1 amide bonds. The Kier molecular flexibility index (Phi) is 4.86. The largest absolute Gasteiger partial charge is 0.375 e. The van der Waals surface area contributed by atoms with E-state index in [1.165, 1.54) is 11.3 Å². The fourth-order valence-electron chi connectivity index (χ4n) is 1.58. The molecule has 1 aromatic heterocycles. The van der Waals surface area contributed by atoms with E-state index in [-0.39, 0.29) is 5.91 Å². The lowest BCUT2D eigenvalue weighted by molar-refractivity contribution is 0.0958. The summed E-state index contributed by atoms with van der Waals surface area (Å²) in [5.41, 5.74) is 9.68. The van der Waals surface area contributed by atoms with Gasteiger partial charge in [-0.25, -0.2) is 10.4 Å². The van der Waals surface area contributed by atoms with Crippen LogP contribution in [0.5, 0.6) is 0 Å². The highest BCUT2D eigenvalue weighted by molar-refractivity contribution is 9.10. The first-order valence-corrected chi connectivity index (χ1v) is 7.56. The SMILES string of the molecule is CCc1nc(N)sc1C(=O)N/N=C/c1ccccc1Br. The molecule has 0 unspecified atom stereocenters. The van der Waals surface area contributed by atoms with Crippen molar-refractivity contribution in [2.45, 2.75) is 13.3 Å². The van der Waals surface area contributed by atoms with Crippen molar-refractivity contribution in [1.29, 1.82) is 0 Å². The Bertz CT molecular complexity index is 654. The topological polar surface area (TPSA) is 80.4 Å². The molecule has 0 atom stereocenters. The summed E-state index contributed by atoms with van der Waals surface area (Å²) in [4.78, 5) is 16.6. The number of amides is 1. The molecule has 2 rings (SSSR count). The normalized spacial score (nSPS) is 10.9. The second kappa shape index (κ2) is 6.62. The van der Waals surface area contributed by atoms with Crippen LogP contribution in [0.2, 0.25) is 0 Å². The molecule has 0 aliphatic rings. The molecule has 0 bridgehead atoms. The first kappa shape index (κ1) is 14.7. The van der Waals surface area contributed by atoms with E-state index in [4.69, 9.17) is 5.73 Å². The minimum Gasteiger partial charge on any atom is -0.375 e. The third kappa shape index (κ3) is 3.43. The number of hydrogen-bond acceptors (Lipinski definition) is 5. The van der Waals surface area contributed by atoms with Gasteiger partial charge in [-0.3, -0.25) is 4.79 Å². The molecule has 2 aromatic rings. The molecule has 1 heterocycles. The Balaban J connectivity index is 2.07. The van der Waals surface area contributed by atoms with Gasteiger partial charge < -0.3 is 5.73 Å². The van der Waals surface area contributed by atoms with Crippen LogP contribution in [-0.4, -0.2) is 17.1 Å². The summed E-state index contributed by atoms with van der Waals surface area (Å²) in [6.45, 7) is 1.93. The molecule has 0 saturated heterocycles. The van der Waals surface area contributed by atoms with Gasteiger partial charge in [0, 0.05) is 10.0 Å². The molecule has 0 spiro atoms. The second-order valence-corrected chi connectivity index (χ2v) is 5.79. The van der Waals surface area contributed by atoms with Crippen LogP contribution in [0.15, 0.2) is 33.8 Å². The van der Waals surface area contributed by atoms with Crippen molar-refractivity contribution in [3.63, 3.8) is 0 Å². The number of hydrogen-bond donors (Lipinski definition) is 2. The molecule has 7 heteroatoms. The summed E-state index contributed by atoms with van der Waals surface area (Å²) in [6, 6.07) is 7.60. The molecule has 3 N–H and O–H groups in total. The van der Waals surface area contributed by atoms with Gasteiger partial charge in [-0.2, -0.15) is 5.10 Å². The Morgan fingerprint density at radius 1 is 1.55 bits per heavy atom. The van der Waals surface area contributed by atoms with E-state index < -0.39 is 0 Å². The van der Waals surface area contributed by atoms with Crippen molar-refractivity contribution >= 4 is 44.5 Å². The number of carbonyl (C=O) groups excluding carboxylic acids is 1. The highest BCUT2D eigenvalue weighted by Crippen LogP contribution is 2.20. The average molecular weight is 353 g/mol. The molecular formula is C13H13BrN4OS. The quantitative estimate of drug-likeness (QED) is 0.655. The van der Waals surface area contributed by atoms with Crippen molar-refractivity contribution in [1.82, 2.24) is 10.4 Å². The molecule has 0 aliphatic carbocycles. The van der Waals surface area contributed by atoms with Crippen molar-refractivity contribution in [3.05, 3.63) is 44.9 Å². The molecule has 20 heavy (non-hydrogen) atoms. The number of halogens is 1. The molecule has 0 radical (unpaired) electrons. The fourth-order valence-corrected chi connectivity index (χ4v) is 2.78. The monoisotopic (exact) mass is 352 g/mol. The van der Waals surface area contributed by atoms with E-state index in [0.717, 1.165) is 10.0 Å². The first-order chi connectivity index (χ1) is 9.61. The molecule has 0 saturated carbocycles. The zero-order valence-electron chi connectivity index (χ0n) is 10.8. The van der Waals surface area contributed by atoms with E-state index in [9.17, 15) is 4.79 Å². The predicted molar refractivity (Wildman–Crippen MR) is 85.1 cm³/mol. The number of hydrazone groups is 1. The maximum Gasteiger partial charge on any atom is 0.283 e. The number of thiazole rings is 1. The minimum absolute atomic E-state index is 0.292. The Labute approximate surface area is 129 Å². The Morgan fingerprint density at radius 2 is 2.30 bits per heavy atom. The third-order valence-electron chi connectivity index (χ3n) is 2.53. The summed E-state index contributed by atoms with van der Waals surface area (Å²) in [5, 5.41) is 4.34. The summed E-state index contributed by atoms with van der Waals surface area (Å²) in [6.07, 6.45) is 2.24. The maximum absolute atomic E-state index is 12.0. The van der Waals surface area contributed by atoms with Crippen LogP contribution in [-0.2, 0) is 6.42 Å². The van der Waals surface area contributed by atoms with Crippen LogP contribution in [0.1, 0.15) is 27.9 Å². The van der Waals surface area contributed by atoms with E-state index >= 15 is 0 Å². The molecule has 0 aliphatic heterocycles. The molecular weight excluding hydrogens is 340 g/mol. The van der Waals surface area contributed by atoms with Gasteiger partial charge in [-0.1, -0.05) is 52.4 Å². The highest BCUT2D eigenvalue weighted by Gasteiger charge is 2.15. The number of carbonyl (C=O) groups is 1. The van der Waals surface area contributed by atoms with E-state index in [1.54, 1.807) is 6.21 Å². The first-order valence-electron chi connectivity index (χ1n) is 5.95. The smallest absolute Gasteiger partial charge is 0.283 e. The fraction of sp³-hybridized carbons (Fsp3) is 0.154. The van der Waals surface area contributed by atoms with Crippen LogP contribution in [0, 0.1) is 0 Å². The number of nitrogen functional groups attached to an aromatic ring is 1. The molecule has 1 aromatic carbocycles. The van der Waals surface area contributed by atoms with E-state index in [2.05, 4.69) is 31.4 Å². The van der Waals surface area contributed by atoms with Gasteiger partial charge in [0.25, 0.3) is 5.91 Å². The number of aryl methyl sites for hydroxylation is 1. The average Bonchev–Trinajstić information content (AvgIpc) is 2.82. The van der Waals surface area contributed by atoms with Gasteiger partial charge in [-0.05, 0) is 12.5 Å². The zero-order valence-corrected chi connectivity index (χ0v) is 13.2. The lowest BCUT2D eigenvalue weighted by Crippen LogP contribution is -2.17. The number of nitrogens with zero attached hydrogens (tertiary/aromatic N) is 2. The second-order valence-electron chi connectivity index (χ2n) is 3.90. The third-order valence-corrected chi connectivity index (χ3v) is 4.18. The lowest BCUT2D eigenvalue weighted by atomic mass is 10.2. The van der Waals surface area contributed by atoms with Gasteiger partial charge in [0.05, 0.1) is 11.9 Å². The number of rotatable bonds is 4. The number of nitrogens with two attached hydrogens (primary N) is 1. The lowest BCUT2D eigenvalue weighted by Gasteiger charge is -1.99. The number of anilines is 1. The van der Waals surface area contributed by atoms with Crippen molar-refractivity contribution in [3.8, 4) is 0 Å². The van der Waals surface area contributed by atoms with Gasteiger partial charge in [0.2, 0.25) is 0 Å². The summed E-state index contributed by atoms with van der Waals surface area (Å²) in [7, 11) is 0. The maximum atomic E-state index is 12.0. The summed E-state index contributed by atoms with van der Waals surface area (Å²) < 4.78 is 0.911. The van der Waals surface area contributed by atoms with Crippen LogP contribution in [0.25, 0.3) is 0 Å². The highest BCUT2D eigenvalue weighted by atomic mass is 79.9.